The Morgan fingerprint density at radius 2 is 1.52 bits per heavy atom. The molecule has 0 aliphatic carbocycles. The predicted octanol–water partition coefficient (Wildman–Crippen LogP) is 5.14. The number of hydrogen-bond donors (Lipinski definition) is 0. The van der Waals surface area contributed by atoms with Gasteiger partial charge in [-0.2, -0.15) is 5.10 Å². The Hall–Kier alpha value is -3.97. The molecule has 2 heterocycles. The molecule has 0 unspecified atom stereocenters. The minimum absolute atomic E-state index is 0.0114. The lowest BCUT2D eigenvalue weighted by Crippen LogP contribution is -2.31. The molecular weight excluding hydrogens is 430 g/mol. The maximum absolute atomic E-state index is 13.3. The molecule has 0 saturated carbocycles. The number of hydrogen-bond acceptors (Lipinski definition) is 5. The highest BCUT2D eigenvalue weighted by Gasteiger charge is 2.18. The van der Waals surface area contributed by atoms with E-state index in [0.29, 0.717) is 6.54 Å². The highest BCUT2D eigenvalue weighted by Crippen LogP contribution is 2.27. The van der Waals surface area contributed by atoms with Gasteiger partial charge in [0, 0.05) is 5.69 Å². The van der Waals surface area contributed by atoms with Crippen molar-refractivity contribution in [1.82, 2.24) is 19.7 Å². The van der Waals surface area contributed by atoms with Crippen LogP contribution in [0.5, 0.6) is 0 Å². The molecule has 5 aromatic rings. The summed E-state index contributed by atoms with van der Waals surface area (Å²) in [5.74, 6) is 0.266. The fraction of sp³-hybridized carbons (Fsp3) is 0.0769. The van der Waals surface area contributed by atoms with Crippen molar-refractivity contribution in [2.75, 3.05) is 10.7 Å². The Morgan fingerprint density at radius 3 is 2.24 bits per heavy atom. The van der Waals surface area contributed by atoms with Gasteiger partial charge >= 0.3 is 0 Å². The third-order valence-corrected chi connectivity index (χ3v) is 6.20. The second kappa shape index (κ2) is 9.67. The SMILES string of the molecule is O=C(CSc1ncnc2c1cnn2-c1ccccc1)N(Cc1ccccc1)c1ccccc1. The smallest absolute Gasteiger partial charge is 0.237 e. The summed E-state index contributed by atoms with van der Waals surface area (Å²) in [5, 5.41) is 6.06. The van der Waals surface area contributed by atoms with Gasteiger partial charge in [0.15, 0.2) is 5.65 Å². The van der Waals surface area contributed by atoms with Crippen molar-refractivity contribution in [3.63, 3.8) is 0 Å². The van der Waals surface area contributed by atoms with Crippen LogP contribution >= 0.6 is 11.8 Å². The molecule has 1 amide bonds. The topological polar surface area (TPSA) is 63.9 Å². The molecule has 2 aromatic heterocycles. The Bertz CT molecular complexity index is 1360. The lowest BCUT2D eigenvalue weighted by molar-refractivity contribution is -0.116. The zero-order valence-corrected chi connectivity index (χ0v) is 18.6. The third-order valence-electron chi connectivity index (χ3n) is 5.21. The van der Waals surface area contributed by atoms with Gasteiger partial charge in [0.05, 0.1) is 29.6 Å². The van der Waals surface area contributed by atoms with E-state index in [1.807, 2.05) is 95.9 Å². The van der Waals surface area contributed by atoms with Crippen LogP contribution in [0.25, 0.3) is 16.7 Å². The van der Waals surface area contributed by atoms with Gasteiger partial charge in [-0.25, -0.2) is 14.6 Å². The maximum Gasteiger partial charge on any atom is 0.237 e. The number of carbonyl (C=O) groups is 1. The quantitative estimate of drug-likeness (QED) is 0.253. The summed E-state index contributed by atoms with van der Waals surface area (Å²) < 4.78 is 1.79. The Morgan fingerprint density at radius 1 is 0.848 bits per heavy atom. The maximum atomic E-state index is 13.3. The standard InChI is InChI=1S/C26H21N5OS/c32-24(30(21-12-6-2-7-13-21)17-20-10-4-1-5-11-20)18-33-26-23-16-29-31(25(23)27-19-28-26)22-14-8-3-9-15-22/h1-16,19H,17-18H2. The van der Waals surface area contributed by atoms with Gasteiger partial charge in [-0.05, 0) is 29.8 Å². The van der Waals surface area contributed by atoms with Crippen LogP contribution in [0.15, 0.2) is 109 Å². The number of amides is 1. The highest BCUT2D eigenvalue weighted by atomic mass is 32.2. The number of carbonyl (C=O) groups excluding carboxylic acids is 1. The number of thioether (sulfide) groups is 1. The second-order valence-corrected chi connectivity index (χ2v) is 8.36. The molecule has 5 rings (SSSR count). The van der Waals surface area contributed by atoms with E-state index in [4.69, 9.17) is 0 Å². The number of para-hydroxylation sites is 2. The van der Waals surface area contributed by atoms with Crippen molar-refractivity contribution in [2.45, 2.75) is 11.6 Å². The van der Waals surface area contributed by atoms with Crippen LogP contribution in [-0.4, -0.2) is 31.4 Å². The number of fused-ring (bicyclic) bond motifs is 1. The molecule has 0 radical (unpaired) electrons. The summed E-state index contributed by atoms with van der Waals surface area (Å²) in [4.78, 5) is 24.0. The lowest BCUT2D eigenvalue weighted by Gasteiger charge is -2.23. The first-order valence-electron chi connectivity index (χ1n) is 10.6. The highest BCUT2D eigenvalue weighted by molar-refractivity contribution is 8.00. The largest absolute Gasteiger partial charge is 0.307 e. The summed E-state index contributed by atoms with van der Waals surface area (Å²) in [5.41, 5.74) is 3.59. The Labute approximate surface area is 195 Å². The van der Waals surface area contributed by atoms with E-state index < -0.39 is 0 Å². The normalized spacial score (nSPS) is 10.9. The second-order valence-electron chi connectivity index (χ2n) is 7.40. The summed E-state index contributed by atoms with van der Waals surface area (Å²) >= 11 is 1.40. The first-order chi connectivity index (χ1) is 16.3. The van der Waals surface area contributed by atoms with Crippen LogP contribution < -0.4 is 4.90 Å². The first kappa shape index (κ1) is 20.9. The van der Waals surface area contributed by atoms with Crippen molar-refractivity contribution < 1.29 is 4.79 Å². The van der Waals surface area contributed by atoms with Gasteiger partial charge in [0.2, 0.25) is 5.91 Å². The van der Waals surface area contributed by atoms with Crippen LogP contribution in [0, 0.1) is 0 Å². The average Bonchev–Trinajstić information content (AvgIpc) is 3.32. The summed E-state index contributed by atoms with van der Waals surface area (Å²) in [6, 6.07) is 29.6. The van der Waals surface area contributed by atoms with E-state index in [1.165, 1.54) is 18.1 Å². The summed E-state index contributed by atoms with van der Waals surface area (Å²) in [6.07, 6.45) is 3.28. The van der Waals surface area contributed by atoms with E-state index in [-0.39, 0.29) is 11.7 Å². The molecule has 162 valence electrons. The van der Waals surface area contributed by atoms with E-state index >= 15 is 0 Å². The summed E-state index contributed by atoms with van der Waals surface area (Å²) in [6.45, 7) is 0.509. The molecular formula is C26H21N5OS. The van der Waals surface area contributed by atoms with Gasteiger partial charge in [0.1, 0.15) is 11.4 Å². The van der Waals surface area contributed by atoms with Crippen molar-refractivity contribution in [3.05, 3.63) is 109 Å². The van der Waals surface area contributed by atoms with Gasteiger partial charge < -0.3 is 4.90 Å². The zero-order valence-electron chi connectivity index (χ0n) is 17.8. The van der Waals surface area contributed by atoms with Gasteiger partial charge in [-0.15, -0.1) is 0 Å². The average molecular weight is 452 g/mol. The number of aromatic nitrogens is 4. The molecule has 0 fully saturated rings. The van der Waals surface area contributed by atoms with Crippen LogP contribution in [0.1, 0.15) is 5.56 Å². The van der Waals surface area contributed by atoms with E-state index in [9.17, 15) is 4.79 Å². The number of benzene rings is 3. The van der Waals surface area contributed by atoms with Crippen LogP contribution in [-0.2, 0) is 11.3 Å². The predicted molar refractivity (Wildman–Crippen MR) is 131 cm³/mol. The molecule has 0 aliphatic heterocycles. The van der Waals surface area contributed by atoms with Crippen molar-refractivity contribution in [1.29, 1.82) is 0 Å². The van der Waals surface area contributed by atoms with Gasteiger partial charge in [-0.3, -0.25) is 4.79 Å². The monoisotopic (exact) mass is 451 g/mol. The third kappa shape index (κ3) is 4.63. The van der Waals surface area contributed by atoms with Crippen molar-refractivity contribution in [2.24, 2.45) is 0 Å². The minimum atomic E-state index is 0.0114. The fourth-order valence-corrected chi connectivity index (χ4v) is 4.44. The van der Waals surface area contributed by atoms with Crippen molar-refractivity contribution >= 4 is 34.4 Å². The number of anilines is 1. The first-order valence-corrected chi connectivity index (χ1v) is 11.5. The summed E-state index contributed by atoms with van der Waals surface area (Å²) in [7, 11) is 0. The van der Waals surface area contributed by atoms with Crippen LogP contribution in [0.3, 0.4) is 0 Å². The van der Waals surface area contributed by atoms with Gasteiger partial charge in [0.25, 0.3) is 0 Å². The molecule has 3 aromatic carbocycles. The molecule has 0 saturated heterocycles. The lowest BCUT2D eigenvalue weighted by atomic mass is 10.2. The van der Waals surface area contributed by atoms with Crippen LogP contribution in [0.2, 0.25) is 0 Å². The minimum Gasteiger partial charge on any atom is -0.307 e. The van der Waals surface area contributed by atoms with Crippen molar-refractivity contribution in [3.8, 4) is 5.69 Å². The zero-order chi connectivity index (χ0) is 22.5. The van der Waals surface area contributed by atoms with E-state index in [1.54, 1.807) is 10.9 Å². The van der Waals surface area contributed by atoms with Gasteiger partial charge in [-0.1, -0.05) is 78.5 Å². The molecule has 33 heavy (non-hydrogen) atoms. The molecule has 7 heteroatoms. The fourth-order valence-electron chi connectivity index (χ4n) is 3.60. The van der Waals surface area contributed by atoms with E-state index in [0.717, 1.165) is 33.0 Å². The Kier molecular flexibility index (Phi) is 6.12. The molecule has 6 nitrogen and oxygen atoms in total. The number of nitrogens with zero attached hydrogens (tertiary/aromatic N) is 5. The molecule has 0 atom stereocenters. The molecule has 0 aliphatic rings. The number of rotatable bonds is 7. The van der Waals surface area contributed by atoms with E-state index in [2.05, 4.69) is 15.1 Å². The molecule has 0 bridgehead atoms. The molecule has 0 N–H and O–H groups in total. The molecule has 0 spiro atoms. The Balaban J connectivity index is 1.38. The van der Waals surface area contributed by atoms with Crippen LogP contribution in [0.4, 0.5) is 5.69 Å².